The lowest BCUT2D eigenvalue weighted by molar-refractivity contribution is -0.121. The first-order valence-electron chi connectivity index (χ1n) is 4.36. The van der Waals surface area contributed by atoms with Gasteiger partial charge in [-0.3, -0.25) is 4.79 Å². The lowest BCUT2D eigenvalue weighted by atomic mass is 10.1. The zero-order valence-electron chi connectivity index (χ0n) is 8.03. The van der Waals surface area contributed by atoms with Crippen molar-refractivity contribution in [1.82, 2.24) is 5.32 Å². The molecule has 5 nitrogen and oxygen atoms in total. The number of amides is 1. The molecule has 0 saturated heterocycles. The molecule has 1 N–H and O–H groups in total. The molecule has 74 valence electrons. The summed E-state index contributed by atoms with van der Waals surface area (Å²) in [5.74, 6) is -0.255. The average molecular weight is 192 g/mol. The molecule has 1 rings (SSSR count). The van der Waals surface area contributed by atoms with Gasteiger partial charge in [0.05, 0.1) is 0 Å². The Kier molecular flexibility index (Phi) is 3.31. The molecule has 0 aliphatic carbocycles. The minimum Gasteiger partial charge on any atom is -0.326 e. The zero-order valence-corrected chi connectivity index (χ0v) is 8.03. The normalized spacial score (nSPS) is 22.1. The van der Waals surface area contributed by atoms with Crippen LogP contribution in [0.3, 0.4) is 0 Å². The molecule has 0 bridgehead atoms. The molecule has 0 aromatic carbocycles. The van der Waals surface area contributed by atoms with E-state index < -0.39 is 6.04 Å². The molecule has 0 spiro atoms. The van der Waals surface area contributed by atoms with Gasteiger partial charge < -0.3 is 5.32 Å². The minimum absolute atomic E-state index is 0.255. The maximum absolute atomic E-state index is 11.5. The monoisotopic (exact) mass is 192 g/mol. The molecule has 0 saturated carbocycles. The number of hydrogen-bond donors (Lipinski definition) is 1. The number of allylic oxidation sites excluding steroid dienone is 2. The SMILES string of the molecule is C=CC1=C(C)CCC(N=[N+]=[N-])C(=O)N1. The third-order valence-corrected chi connectivity index (χ3v) is 2.21. The first kappa shape index (κ1) is 10.3. The maximum Gasteiger partial charge on any atom is 0.233 e. The largest absolute Gasteiger partial charge is 0.326 e. The van der Waals surface area contributed by atoms with Crippen molar-refractivity contribution in [2.45, 2.75) is 25.8 Å². The van der Waals surface area contributed by atoms with Gasteiger partial charge in [0.15, 0.2) is 0 Å². The van der Waals surface area contributed by atoms with Crippen LogP contribution < -0.4 is 5.32 Å². The van der Waals surface area contributed by atoms with Crippen LogP contribution in [0.4, 0.5) is 0 Å². The molecule has 0 radical (unpaired) electrons. The number of nitrogens with zero attached hydrogens (tertiary/aromatic N) is 3. The van der Waals surface area contributed by atoms with Crippen LogP contribution in [-0.2, 0) is 4.79 Å². The molecular formula is C9H12N4O. The summed E-state index contributed by atoms with van der Waals surface area (Å²) in [6, 6.07) is -0.604. The van der Waals surface area contributed by atoms with Crippen molar-refractivity contribution in [2.24, 2.45) is 5.11 Å². The van der Waals surface area contributed by atoms with Crippen LogP contribution in [0, 0.1) is 0 Å². The van der Waals surface area contributed by atoms with Crippen LogP contribution in [0.25, 0.3) is 10.4 Å². The molecule has 0 aromatic rings. The lowest BCUT2D eigenvalue weighted by Crippen LogP contribution is -2.30. The van der Waals surface area contributed by atoms with Gasteiger partial charge in [-0.25, -0.2) is 0 Å². The molecule has 1 heterocycles. The highest BCUT2D eigenvalue weighted by Gasteiger charge is 2.21. The Balaban J connectivity index is 2.88. The van der Waals surface area contributed by atoms with Gasteiger partial charge >= 0.3 is 0 Å². The van der Waals surface area contributed by atoms with Gasteiger partial charge in [0.2, 0.25) is 5.91 Å². The summed E-state index contributed by atoms with van der Waals surface area (Å²) >= 11 is 0. The van der Waals surface area contributed by atoms with E-state index >= 15 is 0 Å². The highest BCUT2D eigenvalue weighted by Crippen LogP contribution is 2.17. The summed E-state index contributed by atoms with van der Waals surface area (Å²) < 4.78 is 0. The van der Waals surface area contributed by atoms with Crippen molar-refractivity contribution < 1.29 is 4.79 Å². The predicted molar refractivity (Wildman–Crippen MR) is 53.2 cm³/mol. The Morgan fingerprint density at radius 1 is 1.79 bits per heavy atom. The maximum atomic E-state index is 11.5. The van der Waals surface area contributed by atoms with Crippen LogP contribution in [0.5, 0.6) is 0 Å². The number of carbonyl (C=O) groups excluding carboxylic acids is 1. The van der Waals surface area contributed by atoms with E-state index in [-0.39, 0.29) is 5.91 Å². The van der Waals surface area contributed by atoms with Gasteiger partial charge in [-0.15, -0.1) is 0 Å². The van der Waals surface area contributed by atoms with Crippen molar-refractivity contribution in [1.29, 1.82) is 0 Å². The minimum atomic E-state index is -0.604. The van der Waals surface area contributed by atoms with Crippen LogP contribution in [0.1, 0.15) is 19.8 Å². The number of nitrogens with one attached hydrogen (secondary N) is 1. The van der Waals surface area contributed by atoms with Gasteiger partial charge in [-0.05, 0) is 36.9 Å². The molecular weight excluding hydrogens is 180 g/mol. The van der Waals surface area contributed by atoms with E-state index in [0.717, 1.165) is 17.7 Å². The van der Waals surface area contributed by atoms with Crippen molar-refractivity contribution in [3.05, 3.63) is 34.4 Å². The van der Waals surface area contributed by atoms with Crippen LogP contribution in [-0.4, -0.2) is 11.9 Å². The second kappa shape index (κ2) is 4.48. The van der Waals surface area contributed by atoms with Gasteiger partial charge in [-0.2, -0.15) is 0 Å². The molecule has 14 heavy (non-hydrogen) atoms. The van der Waals surface area contributed by atoms with E-state index in [1.54, 1.807) is 6.08 Å². The van der Waals surface area contributed by atoms with E-state index in [0.29, 0.717) is 6.42 Å². The van der Waals surface area contributed by atoms with E-state index in [1.165, 1.54) is 0 Å². The predicted octanol–water partition coefficient (Wildman–Crippen LogP) is 2.04. The van der Waals surface area contributed by atoms with E-state index in [4.69, 9.17) is 5.53 Å². The van der Waals surface area contributed by atoms with Crippen molar-refractivity contribution in [3.8, 4) is 0 Å². The zero-order chi connectivity index (χ0) is 10.6. The molecule has 1 amide bonds. The molecule has 1 aliphatic heterocycles. The Morgan fingerprint density at radius 3 is 3.07 bits per heavy atom. The quantitative estimate of drug-likeness (QED) is 0.405. The molecule has 0 aromatic heterocycles. The number of hydrogen-bond acceptors (Lipinski definition) is 2. The van der Waals surface area contributed by atoms with Crippen molar-refractivity contribution >= 4 is 5.91 Å². The molecule has 0 fully saturated rings. The van der Waals surface area contributed by atoms with Gasteiger partial charge in [0, 0.05) is 10.6 Å². The number of azide groups is 1. The second-order valence-corrected chi connectivity index (χ2v) is 3.15. The van der Waals surface area contributed by atoms with Gasteiger partial charge in [0.25, 0.3) is 0 Å². The third kappa shape index (κ3) is 2.14. The third-order valence-electron chi connectivity index (χ3n) is 2.21. The number of carbonyl (C=O) groups is 1. The summed E-state index contributed by atoms with van der Waals surface area (Å²) in [5.41, 5.74) is 10.0. The molecule has 1 aliphatic rings. The summed E-state index contributed by atoms with van der Waals surface area (Å²) in [5, 5.41) is 6.11. The number of rotatable bonds is 2. The van der Waals surface area contributed by atoms with Gasteiger partial charge in [0.1, 0.15) is 6.04 Å². The Bertz CT molecular complexity index is 339. The first-order valence-corrected chi connectivity index (χ1v) is 4.36. The highest BCUT2D eigenvalue weighted by molar-refractivity contribution is 5.84. The summed E-state index contributed by atoms with van der Waals surface area (Å²) in [6.45, 7) is 5.53. The Morgan fingerprint density at radius 2 is 2.50 bits per heavy atom. The van der Waals surface area contributed by atoms with E-state index in [9.17, 15) is 4.79 Å². The fourth-order valence-corrected chi connectivity index (χ4v) is 1.34. The van der Waals surface area contributed by atoms with E-state index in [2.05, 4.69) is 21.9 Å². The summed E-state index contributed by atoms with van der Waals surface area (Å²) in [6.07, 6.45) is 2.90. The lowest BCUT2D eigenvalue weighted by Gasteiger charge is -2.06. The van der Waals surface area contributed by atoms with Crippen LogP contribution >= 0.6 is 0 Å². The second-order valence-electron chi connectivity index (χ2n) is 3.15. The smallest absolute Gasteiger partial charge is 0.233 e. The van der Waals surface area contributed by atoms with E-state index in [1.807, 2.05) is 6.92 Å². The van der Waals surface area contributed by atoms with Crippen LogP contribution in [0.2, 0.25) is 0 Å². The van der Waals surface area contributed by atoms with Crippen molar-refractivity contribution in [3.63, 3.8) is 0 Å². The molecule has 1 atom stereocenters. The molecule has 1 unspecified atom stereocenters. The topological polar surface area (TPSA) is 77.9 Å². The highest BCUT2D eigenvalue weighted by atomic mass is 16.2. The van der Waals surface area contributed by atoms with Gasteiger partial charge in [-0.1, -0.05) is 11.7 Å². The van der Waals surface area contributed by atoms with Crippen molar-refractivity contribution in [2.75, 3.05) is 0 Å². The first-order chi connectivity index (χ1) is 6.69. The standard InChI is InChI=1S/C9H12N4O/c1-3-7-6(2)4-5-8(12-13-10)9(14)11-7/h3,8H,1,4-5H2,2H3,(H,11,14). The fourth-order valence-electron chi connectivity index (χ4n) is 1.34. The summed E-state index contributed by atoms with van der Waals surface area (Å²) in [4.78, 5) is 14.1. The average Bonchev–Trinajstić information content (AvgIpc) is 2.30. The Hall–Kier alpha value is -1.74. The molecule has 5 heteroatoms. The Labute approximate surface area is 82.1 Å². The summed E-state index contributed by atoms with van der Waals surface area (Å²) in [7, 11) is 0. The fraction of sp³-hybridized carbons (Fsp3) is 0.444. The van der Waals surface area contributed by atoms with Crippen LogP contribution in [0.15, 0.2) is 29.0 Å².